The molecular weight excluding hydrogens is 324 g/mol. The van der Waals surface area contributed by atoms with Crippen molar-refractivity contribution in [3.8, 4) is 0 Å². The molecule has 0 atom stereocenters. The van der Waals surface area contributed by atoms with Gasteiger partial charge in [-0.1, -0.05) is 41.9 Å². The summed E-state index contributed by atoms with van der Waals surface area (Å²) in [6, 6.07) is 16.9. The summed E-state index contributed by atoms with van der Waals surface area (Å²) < 4.78 is 0. The quantitative estimate of drug-likeness (QED) is 0.831. The van der Waals surface area contributed by atoms with E-state index in [1.54, 1.807) is 29.2 Å². The maximum Gasteiger partial charge on any atom is 0.226 e. The smallest absolute Gasteiger partial charge is 0.226 e. The second-order valence-electron chi connectivity index (χ2n) is 5.55. The number of hydrogen-bond donors (Lipinski definition) is 1. The molecule has 126 valence electrons. The lowest BCUT2D eigenvalue weighted by molar-refractivity contribution is -0.129. The number of benzene rings is 2. The second-order valence-corrected chi connectivity index (χ2v) is 5.98. The van der Waals surface area contributed by atoms with Crippen molar-refractivity contribution < 1.29 is 9.59 Å². The molecule has 0 radical (unpaired) electrons. The summed E-state index contributed by atoms with van der Waals surface area (Å²) in [4.78, 5) is 25.5. The minimum absolute atomic E-state index is 0.0229. The summed E-state index contributed by atoms with van der Waals surface area (Å²) in [6.07, 6.45) is 1.04. The summed E-state index contributed by atoms with van der Waals surface area (Å²) in [5.74, 6) is -0.145. The van der Waals surface area contributed by atoms with Gasteiger partial charge in [0.05, 0.1) is 0 Å². The predicted octanol–water partition coefficient (Wildman–Crippen LogP) is 3.76. The van der Waals surface area contributed by atoms with Crippen LogP contribution in [0.5, 0.6) is 0 Å². The number of carbonyl (C=O) groups excluding carboxylic acids is 2. The molecule has 0 aliphatic heterocycles. The van der Waals surface area contributed by atoms with Crippen molar-refractivity contribution in [2.24, 2.45) is 0 Å². The van der Waals surface area contributed by atoms with Gasteiger partial charge in [-0.2, -0.15) is 0 Å². The minimum atomic E-state index is -0.122. The highest BCUT2D eigenvalue weighted by molar-refractivity contribution is 6.30. The molecule has 0 aromatic heterocycles. The van der Waals surface area contributed by atoms with Crippen LogP contribution in [-0.4, -0.2) is 29.8 Å². The molecule has 0 fully saturated rings. The zero-order valence-electron chi connectivity index (χ0n) is 13.7. The van der Waals surface area contributed by atoms with Crippen molar-refractivity contribution in [3.63, 3.8) is 0 Å². The van der Waals surface area contributed by atoms with Crippen molar-refractivity contribution in [1.29, 1.82) is 0 Å². The molecule has 0 spiro atoms. The molecule has 0 saturated heterocycles. The van der Waals surface area contributed by atoms with E-state index >= 15 is 0 Å². The first kappa shape index (κ1) is 18.0. The molecule has 5 heteroatoms. The van der Waals surface area contributed by atoms with Gasteiger partial charge < -0.3 is 10.2 Å². The summed E-state index contributed by atoms with van der Waals surface area (Å²) >= 11 is 5.81. The molecule has 1 N–H and O–H groups in total. The van der Waals surface area contributed by atoms with E-state index in [2.05, 4.69) is 5.32 Å². The molecule has 0 unspecified atom stereocenters. The summed E-state index contributed by atoms with van der Waals surface area (Å²) in [7, 11) is 0. The van der Waals surface area contributed by atoms with Crippen molar-refractivity contribution in [1.82, 2.24) is 4.90 Å². The van der Waals surface area contributed by atoms with Gasteiger partial charge in [0.25, 0.3) is 0 Å². The number of nitrogens with one attached hydrogen (secondary N) is 1. The lowest BCUT2D eigenvalue weighted by Gasteiger charge is -2.21. The van der Waals surface area contributed by atoms with Crippen LogP contribution < -0.4 is 5.32 Å². The van der Waals surface area contributed by atoms with Crippen LogP contribution in [-0.2, 0) is 16.0 Å². The first-order chi connectivity index (χ1) is 11.5. The lowest BCUT2D eigenvalue weighted by Crippen LogP contribution is -2.33. The lowest BCUT2D eigenvalue weighted by atomic mass is 10.1. The van der Waals surface area contributed by atoms with Gasteiger partial charge in [-0.15, -0.1) is 0 Å². The first-order valence-corrected chi connectivity index (χ1v) is 8.27. The molecule has 2 rings (SSSR count). The van der Waals surface area contributed by atoms with Crippen LogP contribution in [0, 0.1) is 0 Å². The Morgan fingerprint density at radius 3 is 2.29 bits per heavy atom. The third-order valence-corrected chi connectivity index (χ3v) is 3.95. The average molecular weight is 345 g/mol. The number of amides is 2. The molecule has 0 aliphatic carbocycles. The van der Waals surface area contributed by atoms with E-state index in [4.69, 9.17) is 11.6 Å². The van der Waals surface area contributed by atoms with Crippen molar-refractivity contribution in [3.05, 3.63) is 65.2 Å². The van der Waals surface area contributed by atoms with E-state index in [0.29, 0.717) is 23.8 Å². The third kappa shape index (κ3) is 6.05. The molecule has 0 aliphatic rings. The van der Waals surface area contributed by atoms with Crippen LogP contribution in [0.4, 0.5) is 5.69 Å². The largest absolute Gasteiger partial charge is 0.342 e. The van der Waals surface area contributed by atoms with E-state index in [0.717, 1.165) is 6.42 Å². The standard InChI is InChI=1S/C19H21ClN2O2/c1-15(23)22(13-11-16-5-3-2-4-6-16)14-12-19(24)21-18-9-7-17(20)8-10-18/h2-10H,11-14H2,1H3,(H,21,24). The zero-order chi connectivity index (χ0) is 17.4. The normalized spacial score (nSPS) is 10.2. The average Bonchev–Trinajstić information content (AvgIpc) is 2.57. The summed E-state index contributed by atoms with van der Waals surface area (Å²) in [5.41, 5.74) is 1.87. The van der Waals surface area contributed by atoms with Gasteiger partial charge in [0.2, 0.25) is 11.8 Å². The maximum absolute atomic E-state index is 12.0. The Hall–Kier alpha value is -2.33. The molecule has 0 heterocycles. The zero-order valence-corrected chi connectivity index (χ0v) is 14.4. The highest BCUT2D eigenvalue weighted by atomic mass is 35.5. The van der Waals surface area contributed by atoms with Crippen LogP contribution in [0.2, 0.25) is 5.02 Å². The molecule has 0 bridgehead atoms. The van der Waals surface area contributed by atoms with Gasteiger partial charge in [0, 0.05) is 37.1 Å². The number of anilines is 1. The number of rotatable bonds is 7. The minimum Gasteiger partial charge on any atom is -0.342 e. The van der Waals surface area contributed by atoms with Gasteiger partial charge in [-0.25, -0.2) is 0 Å². The van der Waals surface area contributed by atoms with E-state index in [1.807, 2.05) is 30.3 Å². The van der Waals surface area contributed by atoms with Crippen LogP contribution >= 0.6 is 11.6 Å². The second kappa shape index (κ2) is 9.08. The van der Waals surface area contributed by atoms with Crippen LogP contribution in [0.1, 0.15) is 18.9 Å². The van der Waals surface area contributed by atoms with Gasteiger partial charge >= 0.3 is 0 Å². The number of nitrogens with zero attached hydrogens (tertiary/aromatic N) is 1. The predicted molar refractivity (Wildman–Crippen MR) is 97.1 cm³/mol. The Bertz CT molecular complexity index is 672. The van der Waals surface area contributed by atoms with Crippen LogP contribution in [0.25, 0.3) is 0 Å². The molecule has 2 amide bonds. The Morgan fingerprint density at radius 2 is 1.67 bits per heavy atom. The number of halogens is 1. The fourth-order valence-electron chi connectivity index (χ4n) is 2.33. The van der Waals surface area contributed by atoms with E-state index in [-0.39, 0.29) is 18.2 Å². The molecule has 4 nitrogen and oxygen atoms in total. The summed E-state index contributed by atoms with van der Waals surface area (Å²) in [6.45, 7) is 2.54. The molecule has 24 heavy (non-hydrogen) atoms. The molecule has 2 aromatic carbocycles. The third-order valence-electron chi connectivity index (χ3n) is 3.70. The fourth-order valence-corrected chi connectivity index (χ4v) is 2.45. The topological polar surface area (TPSA) is 49.4 Å². The van der Waals surface area contributed by atoms with Crippen molar-refractivity contribution >= 4 is 29.1 Å². The van der Waals surface area contributed by atoms with E-state index in [9.17, 15) is 9.59 Å². The van der Waals surface area contributed by atoms with Crippen molar-refractivity contribution in [2.75, 3.05) is 18.4 Å². The van der Waals surface area contributed by atoms with Gasteiger partial charge in [-0.3, -0.25) is 9.59 Å². The number of hydrogen-bond acceptors (Lipinski definition) is 2. The monoisotopic (exact) mass is 344 g/mol. The molecular formula is C19H21ClN2O2. The Labute approximate surface area is 147 Å². The van der Waals surface area contributed by atoms with Gasteiger partial charge in [-0.05, 0) is 36.2 Å². The maximum atomic E-state index is 12.0. The molecule has 0 saturated carbocycles. The Morgan fingerprint density at radius 1 is 1.00 bits per heavy atom. The Balaban J connectivity index is 1.81. The van der Waals surface area contributed by atoms with Crippen LogP contribution in [0.15, 0.2) is 54.6 Å². The SMILES string of the molecule is CC(=O)N(CCC(=O)Nc1ccc(Cl)cc1)CCc1ccccc1. The first-order valence-electron chi connectivity index (χ1n) is 7.89. The van der Waals surface area contributed by atoms with Gasteiger partial charge in [0.1, 0.15) is 0 Å². The highest BCUT2D eigenvalue weighted by Crippen LogP contribution is 2.13. The van der Waals surface area contributed by atoms with E-state index in [1.165, 1.54) is 12.5 Å². The van der Waals surface area contributed by atoms with Crippen LogP contribution in [0.3, 0.4) is 0 Å². The Kier molecular flexibility index (Phi) is 6.82. The number of carbonyl (C=O) groups is 2. The summed E-state index contributed by atoms with van der Waals surface area (Å²) in [5, 5.41) is 3.42. The van der Waals surface area contributed by atoms with E-state index < -0.39 is 0 Å². The van der Waals surface area contributed by atoms with Crippen molar-refractivity contribution in [2.45, 2.75) is 19.8 Å². The fraction of sp³-hybridized carbons (Fsp3) is 0.263. The molecule has 2 aromatic rings. The highest BCUT2D eigenvalue weighted by Gasteiger charge is 2.11. The van der Waals surface area contributed by atoms with Gasteiger partial charge in [0.15, 0.2) is 0 Å².